The molecule has 2 aromatic heterocycles. The third kappa shape index (κ3) is 2.04. The second kappa shape index (κ2) is 4.37. The third-order valence-corrected chi connectivity index (χ3v) is 2.93. The normalized spacial score (nSPS) is 10.8. The Hall–Kier alpha value is -2.40. The largest absolute Gasteiger partial charge is 0.476 e. The van der Waals surface area contributed by atoms with Crippen LogP contribution in [0.3, 0.4) is 0 Å². The van der Waals surface area contributed by atoms with Gasteiger partial charge in [-0.2, -0.15) is 5.10 Å². The lowest BCUT2D eigenvalue weighted by atomic mass is 10.1. The number of aromatic nitrogens is 3. The number of nitrogens with zero attached hydrogens (tertiary/aromatic N) is 3. The molecule has 0 aliphatic heterocycles. The van der Waals surface area contributed by atoms with Crippen molar-refractivity contribution in [2.75, 3.05) is 0 Å². The second-order valence-corrected chi connectivity index (χ2v) is 4.38. The van der Waals surface area contributed by atoms with Crippen molar-refractivity contribution in [2.45, 2.75) is 0 Å². The summed E-state index contributed by atoms with van der Waals surface area (Å²) in [6.45, 7) is 0. The van der Waals surface area contributed by atoms with E-state index in [1.165, 1.54) is 10.6 Å². The molecule has 3 rings (SSSR count). The molecular formula is C13H8ClN3O2. The van der Waals surface area contributed by atoms with Crippen LogP contribution in [0.4, 0.5) is 0 Å². The molecule has 0 aliphatic rings. The van der Waals surface area contributed by atoms with Gasteiger partial charge in [-0.1, -0.05) is 23.7 Å². The molecule has 5 nitrogen and oxygen atoms in total. The predicted octanol–water partition coefficient (Wildman–Crippen LogP) is 2.75. The van der Waals surface area contributed by atoms with Crippen LogP contribution < -0.4 is 0 Å². The fourth-order valence-electron chi connectivity index (χ4n) is 1.87. The van der Waals surface area contributed by atoms with Gasteiger partial charge in [0.15, 0.2) is 11.3 Å². The Morgan fingerprint density at radius 2 is 2.11 bits per heavy atom. The van der Waals surface area contributed by atoms with E-state index in [1.54, 1.807) is 24.4 Å². The molecular weight excluding hydrogens is 266 g/mol. The van der Waals surface area contributed by atoms with Gasteiger partial charge in [-0.3, -0.25) is 0 Å². The Bertz CT molecular complexity index is 782. The molecule has 0 radical (unpaired) electrons. The number of carbonyl (C=O) groups is 1. The van der Waals surface area contributed by atoms with Crippen LogP contribution in [-0.4, -0.2) is 25.7 Å². The first kappa shape index (κ1) is 11.7. The van der Waals surface area contributed by atoms with Gasteiger partial charge in [-0.05, 0) is 18.2 Å². The maximum Gasteiger partial charge on any atom is 0.356 e. The number of benzene rings is 1. The number of carboxylic acids is 1. The van der Waals surface area contributed by atoms with Crippen LogP contribution in [0.1, 0.15) is 10.5 Å². The van der Waals surface area contributed by atoms with Gasteiger partial charge in [0.2, 0.25) is 0 Å². The van der Waals surface area contributed by atoms with E-state index in [-0.39, 0.29) is 5.69 Å². The summed E-state index contributed by atoms with van der Waals surface area (Å²) in [5, 5.41) is 13.6. The van der Waals surface area contributed by atoms with E-state index >= 15 is 0 Å². The van der Waals surface area contributed by atoms with Gasteiger partial charge in [0.05, 0.1) is 5.69 Å². The van der Waals surface area contributed by atoms with E-state index in [1.807, 2.05) is 12.1 Å². The van der Waals surface area contributed by atoms with Gasteiger partial charge < -0.3 is 5.11 Å². The fourth-order valence-corrected chi connectivity index (χ4v) is 2.06. The van der Waals surface area contributed by atoms with Crippen molar-refractivity contribution >= 4 is 23.2 Å². The number of halogens is 1. The van der Waals surface area contributed by atoms with Crippen molar-refractivity contribution < 1.29 is 9.90 Å². The van der Waals surface area contributed by atoms with Crippen molar-refractivity contribution in [3.8, 4) is 11.3 Å². The van der Waals surface area contributed by atoms with E-state index in [0.717, 1.165) is 11.3 Å². The predicted molar refractivity (Wildman–Crippen MR) is 70.4 cm³/mol. The highest BCUT2D eigenvalue weighted by molar-refractivity contribution is 6.30. The highest BCUT2D eigenvalue weighted by Crippen LogP contribution is 2.23. The monoisotopic (exact) mass is 273 g/mol. The highest BCUT2D eigenvalue weighted by atomic mass is 35.5. The number of hydrogen-bond acceptors (Lipinski definition) is 3. The zero-order valence-corrected chi connectivity index (χ0v) is 10.4. The Kier molecular flexibility index (Phi) is 2.68. The summed E-state index contributed by atoms with van der Waals surface area (Å²) in [4.78, 5) is 15.0. The summed E-state index contributed by atoms with van der Waals surface area (Å²) < 4.78 is 1.50. The van der Waals surface area contributed by atoms with Crippen molar-refractivity contribution in [3.05, 3.63) is 53.3 Å². The Morgan fingerprint density at radius 1 is 1.26 bits per heavy atom. The number of hydrogen-bond donors (Lipinski definition) is 1. The van der Waals surface area contributed by atoms with E-state index in [9.17, 15) is 4.79 Å². The third-order valence-electron chi connectivity index (χ3n) is 2.70. The summed E-state index contributed by atoms with van der Waals surface area (Å²) >= 11 is 5.96. The smallest absolute Gasteiger partial charge is 0.356 e. The van der Waals surface area contributed by atoms with Crippen LogP contribution in [0, 0.1) is 0 Å². The summed E-state index contributed by atoms with van der Waals surface area (Å²) in [6.07, 6.45) is 1.61. The summed E-state index contributed by atoms with van der Waals surface area (Å²) in [5.74, 6) is -1.08. The number of rotatable bonds is 2. The average molecular weight is 274 g/mol. The lowest BCUT2D eigenvalue weighted by Crippen LogP contribution is -1.99. The fraction of sp³-hybridized carbons (Fsp3) is 0. The van der Waals surface area contributed by atoms with Crippen LogP contribution in [0.2, 0.25) is 5.02 Å². The van der Waals surface area contributed by atoms with Crippen LogP contribution in [0.25, 0.3) is 16.9 Å². The van der Waals surface area contributed by atoms with Gasteiger partial charge in [0.25, 0.3) is 0 Å². The molecule has 0 amide bonds. The summed E-state index contributed by atoms with van der Waals surface area (Å²) in [5.41, 5.74) is 2.02. The molecule has 0 aliphatic carbocycles. The minimum atomic E-state index is -1.08. The first-order valence-corrected chi connectivity index (χ1v) is 5.87. The van der Waals surface area contributed by atoms with E-state index in [2.05, 4.69) is 10.1 Å². The van der Waals surface area contributed by atoms with Gasteiger partial charge in [0, 0.05) is 22.8 Å². The average Bonchev–Trinajstić information content (AvgIpc) is 2.82. The number of aromatic carboxylic acids is 1. The molecule has 6 heteroatoms. The van der Waals surface area contributed by atoms with E-state index in [4.69, 9.17) is 16.7 Å². The number of fused-ring (bicyclic) bond motifs is 1. The molecule has 3 aromatic rings. The van der Waals surface area contributed by atoms with Gasteiger partial charge in [0.1, 0.15) is 0 Å². The van der Waals surface area contributed by atoms with Crippen LogP contribution >= 0.6 is 11.6 Å². The zero-order chi connectivity index (χ0) is 13.4. The van der Waals surface area contributed by atoms with Gasteiger partial charge >= 0.3 is 5.97 Å². The molecule has 0 saturated carbocycles. The SMILES string of the molecule is O=C(O)c1cc2nccc(-c3cccc(Cl)c3)n2n1. The van der Waals surface area contributed by atoms with E-state index < -0.39 is 5.97 Å². The Labute approximate surface area is 113 Å². The van der Waals surface area contributed by atoms with Crippen LogP contribution in [-0.2, 0) is 0 Å². The minimum absolute atomic E-state index is 0.0398. The molecule has 0 saturated heterocycles. The maximum absolute atomic E-state index is 10.9. The molecule has 0 bridgehead atoms. The van der Waals surface area contributed by atoms with Crippen LogP contribution in [0.15, 0.2) is 42.6 Å². The van der Waals surface area contributed by atoms with Crippen LogP contribution in [0.5, 0.6) is 0 Å². The molecule has 1 N–H and O–H groups in total. The summed E-state index contributed by atoms with van der Waals surface area (Å²) in [6, 6.07) is 10.5. The highest BCUT2D eigenvalue weighted by Gasteiger charge is 2.12. The zero-order valence-electron chi connectivity index (χ0n) is 9.62. The van der Waals surface area contributed by atoms with Crippen molar-refractivity contribution in [2.24, 2.45) is 0 Å². The molecule has 0 unspecified atom stereocenters. The van der Waals surface area contributed by atoms with E-state index in [0.29, 0.717) is 10.7 Å². The minimum Gasteiger partial charge on any atom is -0.476 e. The molecule has 0 fully saturated rings. The lowest BCUT2D eigenvalue weighted by molar-refractivity contribution is 0.0690. The first-order chi connectivity index (χ1) is 9.15. The molecule has 0 spiro atoms. The summed E-state index contributed by atoms with van der Waals surface area (Å²) in [7, 11) is 0. The van der Waals surface area contributed by atoms with Crippen molar-refractivity contribution in [1.29, 1.82) is 0 Å². The maximum atomic E-state index is 10.9. The Balaban J connectivity index is 2.26. The molecule has 94 valence electrons. The van der Waals surface area contributed by atoms with Gasteiger partial charge in [-0.25, -0.2) is 14.3 Å². The van der Waals surface area contributed by atoms with Crippen molar-refractivity contribution in [1.82, 2.24) is 14.6 Å². The molecule has 0 atom stereocenters. The molecule has 1 aromatic carbocycles. The lowest BCUT2D eigenvalue weighted by Gasteiger charge is -2.04. The van der Waals surface area contributed by atoms with Gasteiger partial charge in [-0.15, -0.1) is 0 Å². The first-order valence-electron chi connectivity index (χ1n) is 5.49. The standard InChI is InChI=1S/C13H8ClN3O2/c14-9-3-1-2-8(6-9)11-4-5-15-12-7-10(13(18)19)16-17(11)12/h1-7H,(H,18,19). The molecule has 2 heterocycles. The quantitative estimate of drug-likeness (QED) is 0.779. The van der Waals surface area contributed by atoms with Crippen molar-refractivity contribution in [3.63, 3.8) is 0 Å². The Morgan fingerprint density at radius 3 is 2.84 bits per heavy atom. The second-order valence-electron chi connectivity index (χ2n) is 3.95. The number of carboxylic acid groups (broad SMARTS) is 1. The molecule has 19 heavy (non-hydrogen) atoms. The topological polar surface area (TPSA) is 67.5 Å².